The lowest BCUT2D eigenvalue weighted by Gasteiger charge is -2.28. The topological polar surface area (TPSA) is 63.6 Å². The molecule has 144 valence electrons. The molecular weight excluding hydrogens is 363 g/mol. The number of benzene rings is 1. The number of aromatic nitrogens is 1. The molecule has 1 aromatic carbocycles. The Morgan fingerprint density at radius 2 is 1.78 bits per heavy atom. The highest BCUT2D eigenvalue weighted by Crippen LogP contribution is 2.26. The van der Waals surface area contributed by atoms with Crippen LogP contribution < -0.4 is 15.8 Å². The second-order valence-corrected chi connectivity index (χ2v) is 6.05. The van der Waals surface area contributed by atoms with Crippen LogP contribution in [0.25, 0.3) is 0 Å². The molecule has 0 spiro atoms. The number of nitrogens with one attached hydrogen (secondary N) is 1. The standard InChI is InChI=1S/C18H18F3N3O3/c19-18(20,21)15-2-1-7-24(17(15)26)12-16(25)22-13-3-5-14(6-4-13)23-8-10-27-11-9-23/h1-7H,8-12H2,(H,22,25). The number of carbonyl (C=O) groups is 1. The molecule has 2 heterocycles. The van der Waals surface area contributed by atoms with E-state index in [4.69, 9.17) is 4.74 Å². The SMILES string of the molecule is O=C(Cn1cccc(C(F)(F)F)c1=O)Nc1ccc(N2CCOCC2)cc1. The summed E-state index contributed by atoms with van der Waals surface area (Å²) in [6, 6.07) is 8.89. The highest BCUT2D eigenvalue weighted by molar-refractivity contribution is 5.90. The summed E-state index contributed by atoms with van der Waals surface area (Å²) in [6.45, 7) is 2.37. The van der Waals surface area contributed by atoms with Gasteiger partial charge in [0.05, 0.1) is 13.2 Å². The van der Waals surface area contributed by atoms with Crippen molar-refractivity contribution < 1.29 is 22.7 Å². The first kappa shape index (κ1) is 19.0. The molecule has 1 aliphatic heterocycles. The van der Waals surface area contributed by atoms with Crippen molar-refractivity contribution in [2.45, 2.75) is 12.7 Å². The van der Waals surface area contributed by atoms with Gasteiger partial charge in [0.2, 0.25) is 5.91 Å². The number of nitrogens with zero attached hydrogens (tertiary/aromatic N) is 2. The van der Waals surface area contributed by atoms with Gasteiger partial charge in [-0.15, -0.1) is 0 Å². The number of rotatable bonds is 4. The molecule has 0 unspecified atom stereocenters. The monoisotopic (exact) mass is 381 g/mol. The van der Waals surface area contributed by atoms with Gasteiger partial charge in [-0.2, -0.15) is 13.2 Å². The zero-order valence-electron chi connectivity index (χ0n) is 14.3. The van der Waals surface area contributed by atoms with Crippen molar-refractivity contribution in [1.82, 2.24) is 4.57 Å². The number of hydrogen-bond donors (Lipinski definition) is 1. The van der Waals surface area contributed by atoms with Crippen molar-refractivity contribution in [1.29, 1.82) is 0 Å². The van der Waals surface area contributed by atoms with Crippen molar-refractivity contribution in [2.24, 2.45) is 0 Å². The third-order valence-electron chi connectivity index (χ3n) is 4.17. The summed E-state index contributed by atoms with van der Waals surface area (Å²) in [7, 11) is 0. The van der Waals surface area contributed by atoms with E-state index in [0.29, 0.717) is 25.0 Å². The molecule has 1 aromatic heterocycles. The molecule has 1 aliphatic rings. The van der Waals surface area contributed by atoms with E-state index in [1.807, 2.05) is 12.1 Å². The quantitative estimate of drug-likeness (QED) is 0.883. The molecule has 2 aromatic rings. The largest absolute Gasteiger partial charge is 0.421 e. The molecule has 1 amide bonds. The zero-order chi connectivity index (χ0) is 19.4. The number of amides is 1. The van der Waals surface area contributed by atoms with Crippen LogP contribution >= 0.6 is 0 Å². The smallest absolute Gasteiger partial charge is 0.378 e. The number of pyridine rings is 1. The maximum Gasteiger partial charge on any atom is 0.421 e. The summed E-state index contributed by atoms with van der Waals surface area (Å²) >= 11 is 0. The van der Waals surface area contributed by atoms with Gasteiger partial charge in [-0.3, -0.25) is 9.59 Å². The van der Waals surface area contributed by atoms with E-state index in [1.165, 1.54) is 0 Å². The van der Waals surface area contributed by atoms with Crippen LogP contribution in [0.1, 0.15) is 5.56 Å². The molecule has 3 rings (SSSR count). The Hall–Kier alpha value is -2.81. The van der Waals surface area contributed by atoms with Crippen molar-refractivity contribution in [2.75, 3.05) is 36.5 Å². The first-order valence-corrected chi connectivity index (χ1v) is 8.34. The number of alkyl halides is 3. The second kappa shape index (κ2) is 7.83. The second-order valence-electron chi connectivity index (χ2n) is 6.05. The molecule has 0 aliphatic carbocycles. The van der Waals surface area contributed by atoms with Gasteiger partial charge in [0.1, 0.15) is 12.1 Å². The Balaban J connectivity index is 1.65. The van der Waals surface area contributed by atoms with Crippen molar-refractivity contribution in [3.8, 4) is 0 Å². The fourth-order valence-corrected chi connectivity index (χ4v) is 2.81. The summed E-state index contributed by atoms with van der Waals surface area (Å²) in [6.07, 6.45) is -3.61. The molecule has 1 fully saturated rings. The van der Waals surface area contributed by atoms with Crippen LogP contribution in [0.2, 0.25) is 0 Å². The zero-order valence-corrected chi connectivity index (χ0v) is 14.3. The lowest BCUT2D eigenvalue weighted by atomic mass is 10.2. The van der Waals surface area contributed by atoms with Gasteiger partial charge < -0.3 is 19.5 Å². The number of ether oxygens (including phenoxy) is 1. The van der Waals surface area contributed by atoms with Crippen LogP contribution in [-0.4, -0.2) is 36.8 Å². The maximum absolute atomic E-state index is 12.8. The Labute approximate surface area is 153 Å². The van der Waals surface area contributed by atoms with Crippen LogP contribution in [0.5, 0.6) is 0 Å². The number of hydrogen-bond acceptors (Lipinski definition) is 4. The number of carbonyl (C=O) groups excluding carboxylic acids is 1. The first-order chi connectivity index (χ1) is 12.8. The van der Waals surface area contributed by atoms with Crippen molar-refractivity contribution in [3.63, 3.8) is 0 Å². The number of anilines is 2. The lowest BCUT2D eigenvalue weighted by molar-refractivity contribution is -0.139. The van der Waals surface area contributed by atoms with Gasteiger partial charge in [0.25, 0.3) is 5.56 Å². The van der Waals surface area contributed by atoms with E-state index in [9.17, 15) is 22.8 Å². The average Bonchev–Trinajstić information content (AvgIpc) is 2.64. The molecule has 9 heteroatoms. The lowest BCUT2D eigenvalue weighted by Crippen LogP contribution is -2.36. The van der Waals surface area contributed by atoms with Crippen molar-refractivity contribution >= 4 is 17.3 Å². The van der Waals surface area contributed by atoms with E-state index >= 15 is 0 Å². The van der Waals surface area contributed by atoms with Gasteiger partial charge in [-0.25, -0.2) is 0 Å². The van der Waals surface area contributed by atoms with E-state index in [2.05, 4.69) is 10.2 Å². The van der Waals surface area contributed by atoms with Gasteiger partial charge in [0, 0.05) is 30.7 Å². The highest BCUT2D eigenvalue weighted by Gasteiger charge is 2.34. The van der Waals surface area contributed by atoms with Gasteiger partial charge in [-0.05, 0) is 36.4 Å². The summed E-state index contributed by atoms with van der Waals surface area (Å²) in [5.41, 5.74) is -1.06. The summed E-state index contributed by atoms with van der Waals surface area (Å²) in [5.74, 6) is -0.587. The van der Waals surface area contributed by atoms with Crippen LogP contribution in [0.3, 0.4) is 0 Å². The Morgan fingerprint density at radius 3 is 2.41 bits per heavy atom. The molecule has 1 saturated heterocycles. The minimum Gasteiger partial charge on any atom is -0.378 e. The highest BCUT2D eigenvalue weighted by atomic mass is 19.4. The Morgan fingerprint density at radius 1 is 1.11 bits per heavy atom. The third-order valence-corrected chi connectivity index (χ3v) is 4.17. The minimum atomic E-state index is -4.76. The normalized spacial score (nSPS) is 14.9. The molecule has 27 heavy (non-hydrogen) atoms. The fraction of sp³-hybridized carbons (Fsp3) is 0.333. The van der Waals surface area contributed by atoms with Crippen LogP contribution in [0.4, 0.5) is 24.5 Å². The van der Waals surface area contributed by atoms with Gasteiger partial charge in [0.15, 0.2) is 0 Å². The summed E-state index contributed by atoms with van der Waals surface area (Å²) < 4.78 is 44.4. The van der Waals surface area contributed by atoms with E-state index in [1.54, 1.807) is 12.1 Å². The van der Waals surface area contributed by atoms with E-state index in [-0.39, 0.29) is 0 Å². The molecule has 0 saturated carbocycles. The predicted octanol–water partition coefficient (Wildman–Crippen LogP) is 2.34. The van der Waals surface area contributed by atoms with Crippen LogP contribution in [0, 0.1) is 0 Å². The molecule has 0 bridgehead atoms. The summed E-state index contributed by atoms with van der Waals surface area (Å²) in [4.78, 5) is 26.1. The average molecular weight is 381 g/mol. The third kappa shape index (κ3) is 4.68. The molecule has 0 atom stereocenters. The summed E-state index contributed by atoms with van der Waals surface area (Å²) in [5, 5.41) is 2.58. The van der Waals surface area contributed by atoms with Gasteiger partial charge in [-0.1, -0.05) is 0 Å². The maximum atomic E-state index is 12.8. The fourth-order valence-electron chi connectivity index (χ4n) is 2.81. The van der Waals surface area contributed by atoms with E-state index in [0.717, 1.165) is 35.6 Å². The minimum absolute atomic E-state index is 0.497. The molecular formula is C18H18F3N3O3. The van der Waals surface area contributed by atoms with Crippen LogP contribution in [0.15, 0.2) is 47.4 Å². The number of morpholine rings is 1. The first-order valence-electron chi connectivity index (χ1n) is 8.34. The van der Waals surface area contributed by atoms with E-state index < -0.39 is 29.8 Å². The molecule has 0 radical (unpaired) electrons. The number of halogens is 3. The van der Waals surface area contributed by atoms with Crippen molar-refractivity contribution in [3.05, 3.63) is 58.5 Å². The predicted molar refractivity (Wildman–Crippen MR) is 93.8 cm³/mol. The van der Waals surface area contributed by atoms with Gasteiger partial charge >= 0.3 is 6.18 Å². The Bertz CT molecular complexity index is 857. The van der Waals surface area contributed by atoms with Crippen LogP contribution in [-0.2, 0) is 22.3 Å². The molecule has 1 N–H and O–H groups in total. The molecule has 6 nitrogen and oxygen atoms in total. The Kier molecular flexibility index (Phi) is 5.50.